The van der Waals surface area contributed by atoms with Crippen molar-refractivity contribution in [3.05, 3.63) is 28.8 Å². The second-order valence-electron chi connectivity index (χ2n) is 6.19. The minimum absolute atomic E-state index is 0.488. The molecular formula is C15H23ClN2. The fourth-order valence-electron chi connectivity index (χ4n) is 2.66. The molecule has 1 aromatic rings. The third-order valence-electron chi connectivity index (χ3n) is 3.82. The first-order valence-corrected chi connectivity index (χ1v) is 7.10. The van der Waals surface area contributed by atoms with E-state index in [1.54, 1.807) is 6.07 Å². The van der Waals surface area contributed by atoms with E-state index < -0.39 is 0 Å². The molecule has 1 aliphatic heterocycles. The largest absolute Gasteiger partial charge is 0.399 e. The van der Waals surface area contributed by atoms with Crippen molar-refractivity contribution in [3.8, 4) is 0 Å². The Hall–Kier alpha value is -0.730. The predicted molar refractivity (Wildman–Crippen MR) is 78.8 cm³/mol. The Morgan fingerprint density at radius 2 is 2.00 bits per heavy atom. The van der Waals surface area contributed by atoms with Crippen LogP contribution in [0.15, 0.2) is 18.2 Å². The average Bonchev–Trinajstić information content (AvgIpc) is 2.39. The molecule has 0 radical (unpaired) electrons. The Balaban J connectivity index is 2.00. The van der Waals surface area contributed by atoms with Crippen LogP contribution in [-0.4, -0.2) is 18.0 Å². The summed E-state index contributed by atoms with van der Waals surface area (Å²) >= 11 is 6.05. The zero-order valence-corrected chi connectivity index (χ0v) is 12.1. The summed E-state index contributed by atoms with van der Waals surface area (Å²) in [5.41, 5.74) is 8.30. The molecule has 18 heavy (non-hydrogen) atoms. The van der Waals surface area contributed by atoms with E-state index in [9.17, 15) is 0 Å². The van der Waals surface area contributed by atoms with Gasteiger partial charge in [-0.1, -0.05) is 25.4 Å². The smallest absolute Gasteiger partial charge is 0.0429 e. The van der Waals surface area contributed by atoms with Gasteiger partial charge in [-0.25, -0.2) is 0 Å². The van der Waals surface area contributed by atoms with Crippen molar-refractivity contribution in [2.75, 3.05) is 18.8 Å². The number of benzene rings is 1. The van der Waals surface area contributed by atoms with Gasteiger partial charge in [-0.15, -0.1) is 0 Å². The van der Waals surface area contributed by atoms with Crippen LogP contribution in [0.2, 0.25) is 5.02 Å². The summed E-state index contributed by atoms with van der Waals surface area (Å²) in [6.45, 7) is 8.04. The highest BCUT2D eigenvalue weighted by molar-refractivity contribution is 6.30. The fourth-order valence-corrected chi connectivity index (χ4v) is 2.93. The number of hydrogen-bond donors (Lipinski definition) is 1. The van der Waals surface area contributed by atoms with E-state index in [0.717, 1.165) is 17.3 Å². The van der Waals surface area contributed by atoms with Crippen LogP contribution in [0.25, 0.3) is 0 Å². The van der Waals surface area contributed by atoms with Crippen LogP contribution in [0.4, 0.5) is 5.69 Å². The monoisotopic (exact) mass is 266 g/mol. The molecule has 0 aliphatic carbocycles. The molecule has 1 fully saturated rings. The van der Waals surface area contributed by atoms with Crippen molar-refractivity contribution in [3.63, 3.8) is 0 Å². The summed E-state index contributed by atoms with van der Waals surface area (Å²) in [4.78, 5) is 2.51. The van der Waals surface area contributed by atoms with Gasteiger partial charge in [0.05, 0.1) is 0 Å². The molecule has 100 valence electrons. The van der Waals surface area contributed by atoms with Crippen LogP contribution in [0.3, 0.4) is 0 Å². The molecule has 2 N–H and O–H groups in total. The number of rotatable bonds is 2. The molecule has 0 amide bonds. The number of nitrogen functional groups attached to an aromatic ring is 1. The van der Waals surface area contributed by atoms with Crippen LogP contribution in [0.1, 0.15) is 38.7 Å². The minimum Gasteiger partial charge on any atom is -0.399 e. The highest BCUT2D eigenvalue weighted by Crippen LogP contribution is 2.30. The van der Waals surface area contributed by atoms with Gasteiger partial charge in [0.15, 0.2) is 0 Å². The maximum absolute atomic E-state index is 6.05. The molecule has 0 spiro atoms. The molecule has 1 aromatic carbocycles. The maximum Gasteiger partial charge on any atom is 0.0429 e. The SMILES string of the molecule is CC1(C)CCCN(Cc2cc(N)cc(Cl)c2)CC1. The first-order chi connectivity index (χ1) is 8.44. The van der Waals surface area contributed by atoms with Crippen molar-refractivity contribution in [2.45, 2.75) is 39.7 Å². The van der Waals surface area contributed by atoms with E-state index in [-0.39, 0.29) is 0 Å². The van der Waals surface area contributed by atoms with Gasteiger partial charge in [0.2, 0.25) is 0 Å². The first-order valence-electron chi connectivity index (χ1n) is 6.72. The first kappa shape index (κ1) is 13.7. The van der Waals surface area contributed by atoms with E-state index in [4.69, 9.17) is 17.3 Å². The van der Waals surface area contributed by atoms with Gasteiger partial charge in [0.1, 0.15) is 0 Å². The second kappa shape index (κ2) is 5.50. The number of anilines is 1. The maximum atomic E-state index is 6.05. The summed E-state index contributed by atoms with van der Waals surface area (Å²) in [5.74, 6) is 0. The molecule has 0 aromatic heterocycles. The zero-order chi connectivity index (χ0) is 13.2. The minimum atomic E-state index is 0.488. The highest BCUT2D eigenvalue weighted by atomic mass is 35.5. The molecule has 3 heteroatoms. The van der Waals surface area contributed by atoms with E-state index >= 15 is 0 Å². The Morgan fingerprint density at radius 1 is 1.22 bits per heavy atom. The predicted octanol–water partition coefficient (Wildman–Crippen LogP) is 3.93. The third-order valence-corrected chi connectivity index (χ3v) is 4.04. The topological polar surface area (TPSA) is 29.3 Å². The Bertz CT molecular complexity index is 395. The van der Waals surface area contributed by atoms with E-state index in [0.29, 0.717) is 5.41 Å². The average molecular weight is 267 g/mol. The molecule has 2 nitrogen and oxygen atoms in total. The van der Waals surface area contributed by atoms with Crippen LogP contribution in [0, 0.1) is 5.41 Å². The molecule has 1 heterocycles. The second-order valence-corrected chi connectivity index (χ2v) is 6.62. The van der Waals surface area contributed by atoms with E-state index in [1.807, 2.05) is 12.1 Å². The quantitative estimate of drug-likeness (QED) is 0.822. The van der Waals surface area contributed by atoms with Gasteiger partial charge in [-0.2, -0.15) is 0 Å². The van der Waals surface area contributed by atoms with Crippen LogP contribution in [-0.2, 0) is 6.54 Å². The fraction of sp³-hybridized carbons (Fsp3) is 0.600. The van der Waals surface area contributed by atoms with E-state index in [2.05, 4.69) is 18.7 Å². The highest BCUT2D eigenvalue weighted by Gasteiger charge is 2.22. The van der Waals surface area contributed by atoms with Crippen LogP contribution < -0.4 is 5.73 Å². The summed E-state index contributed by atoms with van der Waals surface area (Å²) < 4.78 is 0. The normalized spacial score (nSPS) is 20.6. The zero-order valence-electron chi connectivity index (χ0n) is 11.4. The molecule has 0 atom stereocenters. The Kier molecular flexibility index (Phi) is 4.18. The molecule has 2 rings (SSSR count). The van der Waals surface area contributed by atoms with Gasteiger partial charge < -0.3 is 5.73 Å². The number of halogens is 1. The van der Waals surface area contributed by atoms with Gasteiger partial charge in [-0.05, 0) is 61.5 Å². The van der Waals surface area contributed by atoms with Gasteiger partial charge in [0.25, 0.3) is 0 Å². The molecule has 0 bridgehead atoms. The summed E-state index contributed by atoms with van der Waals surface area (Å²) in [6, 6.07) is 5.85. The van der Waals surface area contributed by atoms with Crippen molar-refractivity contribution in [2.24, 2.45) is 5.41 Å². The number of hydrogen-bond acceptors (Lipinski definition) is 2. The van der Waals surface area contributed by atoms with Crippen molar-refractivity contribution < 1.29 is 0 Å². The number of nitrogens with two attached hydrogens (primary N) is 1. The van der Waals surface area contributed by atoms with Gasteiger partial charge in [0, 0.05) is 17.3 Å². The lowest BCUT2D eigenvalue weighted by molar-refractivity contribution is 0.256. The number of likely N-dealkylation sites (tertiary alicyclic amines) is 1. The van der Waals surface area contributed by atoms with Gasteiger partial charge in [-0.3, -0.25) is 4.90 Å². The van der Waals surface area contributed by atoms with Crippen LogP contribution in [0.5, 0.6) is 0 Å². The Morgan fingerprint density at radius 3 is 2.72 bits per heavy atom. The van der Waals surface area contributed by atoms with Crippen molar-refractivity contribution in [1.29, 1.82) is 0 Å². The standard InChI is InChI=1S/C15H23ClN2/c1-15(2)4-3-6-18(7-5-15)11-12-8-13(16)10-14(17)9-12/h8-10H,3-7,11,17H2,1-2H3. The number of nitrogens with zero attached hydrogens (tertiary/aromatic N) is 1. The van der Waals surface area contributed by atoms with Crippen LogP contribution >= 0.6 is 11.6 Å². The van der Waals surface area contributed by atoms with Crippen molar-refractivity contribution in [1.82, 2.24) is 4.90 Å². The molecular weight excluding hydrogens is 244 g/mol. The summed E-state index contributed by atoms with van der Waals surface area (Å²) in [6.07, 6.45) is 3.87. The van der Waals surface area contributed by atoms with Gasteiger partial charge >= 0.3 is 0 Å². The lowest BCUT2D eigenvalue weighted by Gasteiger charge is -2.23. The van der Waals surface area contributed by atoms with Crippen molar-refractivity contribution >= 4 is 17.3 Å². The summed E-state index contributed by atoms with van der Waals surface area (Å²) in [7, 11) is 0. The summed E-state index contributed by atoms with van der Waals surface area (Å²) in [5, 5.41) is 0.736. The molecule has 0 unspecified atom stereocenters. The lowest BCUT2D eigenvalue weighted by Crippen LogP contribution is -2.25. The molecule has 1 aliphatic rings. The third kappa shape index (κ3) is 3.89. The molecule has 1 saturated heterocycles. The molecule has 0 saturated carbocycles. The Labute approximate surface area is 115 Å². The van der Waals surface area contributed by atoms with E-state index in [1.165, 1.54) is 37.9 Å². The lowest BCUT2D eigenvalue weighted by atomic mass is 9.85.